The van der Waals surface area contributed by atoms with Gasteiger partial charge in [0.2, 0.25) is 0 Å². The van der Waals surface area contributed by atoms with Gasteiger partial charge >= 0.3 is 5.97 Å². The average molecular weight is 388 g/mol. The van der Waals surface area contributed by atoms with Gasteiger partial charge in [-0.1, -0.05) is 0 Å². The zero-order valence-electron chi connectivity index (χ0n) is 15.5. The minimum atomic E-state index is -1.02. The lowest BCUT2D eigenvalue weighted by atomic mass is 10.0. The SMILES string of the molecule is COc1ccc([N+](=O)[O-])cc1C(=O)N1CCC(n2ncc(C(=O)O)c2C)CC1. The number of methoxy groups -OCH3 is 1. The second kappa shape index (κ2) is 7.67. The number of hydrogen-bond donors (Lipinski definition) is 1. The van der Waals surface area contributed by atoms with Crippen molar-refractivity contribution in [3.05, 3.63) is 51.3 Å². The Morgan fingerprint density at radius 1 is 1.29 bits per heavy atom. The van der Waals surface area contributed by atoms with Crippen LogP contribution in [0.3, 0.4) is 0 Å². The van der Waals surface area contributed by atoms with Crippen LogP contribution in [0.2, 0.25) is 0 Å². The molecule has 1 N–H and O–H groups in total. The molecule has 10 heteroatoms. The molecule has 0 aliphatic carbocycles. The van der Waals surface area contributed by atoms with E-state index in [1.807, 2.05) is 0 Å². The van der Waals surface area contributed by atoms with E-state index in [1.54, 1.807) is 16.5 Å². The molecule has 0 bridgehead atoms. The van der Waals surface area contributed by atoms with Crippen LogP contribution in [0.4, 0.5) is 5.69 Å². The summed E-state index contributed by atoms with van der Waals surface area (Å²) >= 11 is 0. The molecule has 0 spiro atoms. The standard InChI is InChI=1S/C18H20N4O6/c1-11-15(18(24)25)10-19-21(11)12-5-7-20(8-6-12)17(23)14-9-13(22(26)27)3-4-16(14)28-2/h3-4,9-10,12H,5-8H2,1-2H3,(H,24,25). The van der Waals surface area contributed by atoms with Crippen molar-refractivity contribution in [1.82, 2.24) is 14.7 Å². The van der Waals surface area contributed by atoms with Crippen molar-refractivity contribution in [1.29, 1.82) is 0 Å². The number of nitro benzene ring substituents is 1. The number of carboxylic acids is 1. The number of likely N-dealkylation sites (tertiary alicyclic amines) is 1. The highest BCUT2D eigenvalue weighted by Gasteiger charge is 2.29. The van der Waals surface area contributed by atoms with E-state index in [9.17, 15) is 19.7 Å². The topological polar surface area (TPSA) is 128 Å². The molecular formula is C18H20N4O6. The van der Waals surface area contributed by atoms with E-state index in [0.29, 0.717) is 31.6 Å². The summed E-state index contributed by atoms with van der Waals surface area (Å²) in [6, 6.07) is 3.93. The van der Waals surface area contributed by atoms with Gasteiger partial charge in [0.1, 0.15) is 11.3 Å². The van der Waals surface area contributed by atoms with Crippen LogP contribution in [0.5, 0.6) is 5.75 Å². The summed E-state index contributed by atoms with van der Waals surface area (Å²) in [5.74, 6) is -1.07. The first-order valence-corrected chi connectivity index (χ1v) is 8.72. The molecule has 2 aromatic rings. The van der Waals surface area contributed by atoms with Gasteiger partial charge in [-0.05, 0) is 25.8 Å². The Bertz CT molecular complexity index is 930. The third kappa shape index (κ3) is 3.53. The van der Waals surface area contributed by atoms with E-state index in [-0.39, 0.29) is 34.5 Å². The number of piperidine rings is 1. The Hall–Kier alpha value is -3.43. The number of hydrogen-bond acceptors (Lipinski definition) is 6. The minimum Gasteiger partial charge on any atom is -0.496 e. The van der Waals surface area contributed by atoms with Gasteiger partial charge in [0.15, 0.2) is 0 Å². The summed E-state index contributed by atoms with van der Waals surface area (Å²) in [6.07, 6.45) is 2.54. The normalized spacial score (nSPS) is 14.7. The van der Waals surface area contributed by atoms with Gasteiger partial charge in [-0.3, -0.25) is 19.6 Å². The molecule has 2 heterocycles. The number of carboxylic acid groups (broad SMARTS) is 1. The fourth-order valence-corrected chi connectivity index (χ4v) is 3.46. The summed E-state index contributed by atoms with van der Waals surface area (Å²) in [5.41, 5.74) is 0.725. The third-order valence-corrected chi connectivity index (χ3v) is 5.00. The average Bonchev–Trinajstić information content (AvgIpc) is 3.08. The quantitative estimate of drug-likeness (QED) is 0.615. The van der Waals surface area contributed by atoms with Crippen molar-refractivity contribution in [2.45, 2.75) is 25.8 Å². The predicted octanol–water partition coefficient (Wildman–Crippen LogP) is 2.28. The number of rotatable bonds is 5. The monoisotopic (exact) mass is 388 g/mol. The van der Waals surface area contributed by atoms with E-state index in [4.69, 9.17) is 9.84 Å². The third-order valence-electron chi connectivity index (χ3n) is 5.00. The van der Waals surface area contributed by atoms with Crippen LogP contribution < -0.4 is 4.74 Å². The van der Waals surface area contributed by atoms with Gasteiger partial charge in [0, 0.05) is 25.2 Å². The van der Waals surface area contributed by atoms with Crippen LogP contribution >= 0.6 is 0 Å². The molecule has 28 heavy (non-hydrogen) atoms. The number of aromatic nitrogens is 2. The van der Waals surface area contributed by atoms with Crippen LogP contribution in [0.1, 0.15) is 45.3 Å². The van der Waals surface area contributed by atoms with Crippen molar-refractivity contribution in [3.8, 4) is 5.75 Å². The Morgan fingerprint density at radius 3 is 2.50 bits per heavy atom. The highest BCUT2D eigenvalue weighted by atomic mass is 16.6. The maximum Gasteiger partial charge on any atom is 0.339 e. The van der Waals surface area contributed by atoms with E-state index in [1.165, 1.54) is 31.5 Å². The molecule has 1 aliphatic heterocycles. The van der Waals surface area contributed by atoms with E-state index in [2.05, 4.69) is 5.10 Å². The summed E-state index contributed by atoms with van der Waals surface area (Å²) in [5, 5.41) is 24.4. The number of nitrogens with zero attached hydrogens (tertiary/aromatic N) is 4. The number of amides is 1. The van der Waals surface area contributed by atoms with Crippen LogP contribution in [0.15, 0.2) is 24.4 Å². The van der Waals surface area contributed by atoms with Gasteiger partial charge < -0.3 is 14.7 Å². The molecule has 0 unspecified atom stereocenters. The lowest BCUT2D eigenvalue weighted by Gasteiger charge is -2.33. The van der Waals surface area contributed by atoms with Crippen molar-refractivity contribution in [2.24, 2.45) is 0 Å². The van der Waals surface area contributed by atoms with E-state index in [0.717, 1.165) is 0 Å². The minimum absolute atomic E-state index is 0.0100. The molecule has 148 valence electrons. The van der Waals surface area contributed by atoms with Crippen molar-refractivity contribution in [3.63, 3.8) is 0 Å². The zero-order valence-corrected chi connectivity index (χ0v) is 15.5. The van der Waals surface area contributed by atoms with Crippen LogP contribution in [0.25, 0.3) is 0 Å². The molecule has 0 atom stereocenters. The van der Waals surface area contributed by atoms with Crippen molar-refractivity contribution < 1.29 is 24.4 Å². The predicted molar refractivity (Wildman–Crippen MR) is 97.7 cm³/mol. The van der Waals surface area contributed by atoms with Gasteiger partial charge in [-0.15, -0.1) is 0 Å². The number of ether oxygens (including phenoxy) is 1. The molecule has 1 aromatic carbocycles. The maximum absolute atomic E-state index is 12.9. The highest BCUT2D eigenvalue weighted by Crippen LogP contribution is 2.29. The van der Waals surface area contributed by atoms with Crippen LogP contribution in [-0.4, -0.2) is 56.8 Å². The molecular weight excluding hydrogens is 368 g/mol. The molecule has 0 radical (unpaired) electrons. The van der Waals surface area contributed by atoms with Gasteiger partial charge in [0.05, 0.1) is 35.5 Å². The highest BCUT2D eigenvalue weighted by molar-refractivity contribution is 5.97. The van der Waals surface area contributed by atoms with Crippen LogP contribution in [0, 0.1) is 17.0 Å². The lowest BCUT2D eigenvalue weighted by molar-refractivity contribution is -0.384. The number of carbonyl (C=O) groups is 2. The molecule has 3 rings (SSSR count). The van der Waals surface area contributed by atoms with Gasteiger partial charge in [-0.25, -0.2) is 4.79 Å². The molecule has 1 amide bonds. The molecule has 1 aliphatic rings. The Labute approximate surface area is 160 Å². The molecule has 1 saturated heterocycles. The van der Waals surface area contributed by atoms with Crippen LogP contribution in [-0.2, 0) is 0 Å². The summed E-state index contributed by atoms with van der Waals surface area (Å²) in [7, 11) is 1.41. The smallest absolute Gasteiger partial charge is 0.339 e. The summed E-state index contributed by atoms with van der Waals surface area (Å²) < 4.78 is 6.88. The Kier molecular flexibility index (Phi) is 5.30. The number of aromatic carboxylic acids is 1. The lowest BCUT2D eigenvalue weighted by Crippen LogP contribution is -2.39. The Morgan fingerprint density at radius 2 is 1.96 bits per heavy atom. The van der Waals surface area contributed by atoms with Crippen molar-refractivity contribution in [2.75, 3.05) is 20.2 Å². The molecule has 1 fully saturated rings. The first-order chi connectivity index (χ1) is 13.3. The number of carbonyl (C=O) groups excluding carboxylic acids is 1. The summed E-state index contributed by atoms with van der Waals surface area (Å²) in [6.45, 7) is 2.57. The van der Waals surface area contributed by atoms with Gasteiger partial charge in [0.25, 0.3) is 11.6 Å². The van der Waals surface area contributed by atoms with E-state index >= 15 is 0 Å². The molecule has 0 saturated carbocycles. The Balaban J connectivity index is 1.75. The molecule has 10 nitrogen and oxygen atoms in total. The second-order valence-electron chi connectivity index (χ2n) is 6.56. The molecule has 1 aromatic heterocycles. The number of benzene rings is 1. The second-order valence-corrected chi connectivity index (χ2v) is 6.56. The van der Waals surface area contributed by atoms with E-state index < -0.39 is 10.9 Å². The fourth-order valence-electron chi connectivity index (χ4n) is 3.46. The summed E-state index contributed by atoms with van der Waals surface area (Å²) in [4.78, 5) is 36.2. The van der Waals surface area contributed by atoms with Gasteiger partial charge in [-0.2, -0.15) is 5.10 Å². The van der Waals surface area contributed by atoms with Crippen molar-refractivity contribution >= 4 is 17.6 Å². The zero-order chi connectivity index (χ0) is 20.4. The first-order valence-electron chi connectivity index (χ1n) is 8.72. The maximum atomic E-state index is 12.9. The number of non-ortho nitro benzene ring substituents is 1. The number of nitro groups is 1. The largest absolute Gasteiger partial charge is 0.496 e. The first kappa shape index (κ1) is 19.3. The fraction of sp³-hybridized carbons (Fsp3) is 0.389.